The molecule has 0 saturated carbocycles. The second kappa shape index (κ2) is 11.3. The number of carbonyl (C=O) groups is 2. The van der Waals surface area contributed by atoms with Crippen molar-refractivity contribution in [1.82, 2.24) is 0 Å². The molecule has 3 aromatic rings. The van der Waals surface area contributed by atoms with Gasteiger partial charge in [-0.2, -0.15) is 26.3 Å². The van der Waals surface area contributed by atoms with E-state index in [1.807, 2.05) is 0 Å². The lowest BCUT2D eigenvalue weighted by Gasteiger charge is -2.18. The Morgan fingerprint density at radius 3 is 1.66 bits per heavy atom. The van der Waals surface area contributed by atoms with Crippen LogP contribution in [-0.4, -0.2) is 24.5 Å². The van der Waals surface area contributed by atoms with Gasteiger partial charge < -0.3 is 9.47 Å². The van der Waals surface area contributed by atoms with E-state index in [0.717, 1.165) is 12.1 Å². The molecular weight excluding hydrogens is 537 g/mol. The first-order valence-electron chi connectivity index (χ1n) is 11.1. The number of alkyl halides is 6. The van der Waals surface area contributed by atoms with Crippen LogP contribution in [0.25, 0.3) is 0 Å². The Kier molecular flexibility index (Phi) is 8.61. The summed E-state index contributed by atoms with van der Waals surface area (Å²) in [4.78, 5) is 26.7. The van der Waals surface area contributed by atoms with Crippen LogP contribution < -0.4 is 14.8 Å². The van der Waals surface area contributed by atoms with Gasteiger partial charge in [0.05, 0.1) is 35.2 Å². The molecule has 5 nitrogen and oxygen atoms in total. The highest BCUT2D eigenvalue weighted by Crippen LogP contribution is 2.43. The van der Waals surface area contributed by atoms with Crippen LogP contribution in [0.2, 0.25) is 0 Å². The van der Waals surface area contributed by atoms with Crippen molar-refractivity contribution in [2.75, 3.05) is 13.2 Å². The lowest BCUT2D eigenvalue weighted by Crippen LogP contribution is -2.22. The zero-order valence-electron chi connectivity index (χ0n) is 19.9. The minimum absolute atomic E-state index is 0.0848. The predicted octanol–water partition coefficient (Wildman–Crippen LogP) is 7.05. The van der Waals surface area contributed by atoms with Crippen LogP contribution in [0.15, 0.2) is 60.7 Å². The molecule has 0 heterocycles. The summed E-state index contributed by atoms with van der Waals surface area (Å²) < 4.78 is 106. The van der Waals surface area contributed by atoms with E-state index < -0.39 is 53.5 Å². The lowest BCUT2D eigenvalue weighted by molar-refractivity contribution is -0.143. The molecule has 0 N–H and O–H groups in total. The van der Waals surface area contributed by atoms with E-state index in [1.165, 1.54) is 24.3 Å². The molecule has 0 amide bonds. The number of rotatable bonds is 9. The highest BCUT2D eigenvalue weighted by molar-refractivity contribution is 7.71. The Morgan fingerprint density at radius 2 is 1.18 bits per heavy atom. The zero-order valence-corrected chi connectivity index (χ0v) is 20.8. The average Bonchev–Trinajstić information content (AvgIpc) is 2.86. The summed E-state index contributed by atoms with van der Waals surface area (Å²) in [6.45, 7) is 3.61. The van der Waals surface area contributed by atoms with Gasteiger partial charge in [0.2, 0.25) is 11.3 Å². The molecule has 3 rings (SSSR count). The maximum atomic E-state index is 13.6. The topological polar surface area (TPSA) is 69.7 Å². The van der Waals surface area contributed by atoms with E-state index in [0.29, 0.717) is 18.2 Å². The molecule has 0 spiro atoms. The van der Waals surface area contributed by atoms with Crippen molar-refractivity contribution in [2.45, 2.75) is 26.2 Å². The summed E-state index contributed by atoms with van der Waals surface area (Å²) >= 11 is 0. The Bertz CT molecular complexity index is 1320. The molecule has 0 aliphatic rings. The second-order valence-corrected chi connectivity index (χ2v) is 9.14. The van der Waals surface area contributed by atoms with Gasteiger partial charge in [-0.1, -0.05) is 24.3 Å². The third kappa shape index (κ3) is 5.88. The van der Waals surface area contributed by atoms with Crippen LogP contribution in [0.3, 0.4) is 0 Å². The summed E-state index contributed by atoms with van der Waals surface area (Å²) in [5, 5.41) is -0.531. The van der Waals surface area contributed by atoms with Crippen molar-refractivity contribution >= 4 is 24.4 Å². The maximum Gasteiger partial charge on any atom is 0.417 e. The Hall–Kier alpha value is -3.72. The highest BCUT2D eigenvalue weighted by Gasteiger charge is 2.44. The summed E-state index contributed by atoms with van der Waals surface area (Å²) in [7, 11) is -3.61. The van der Waals surface area contributed by atoms with E-state index in [4.69, 9.17) is 9.47 Å². The van der Waals surface area contributed by atoms with Crippen molar-refractivity contribution in [2.24, 2.45) is 0 Å². The van der Waals surface area contributed by atoms with E-state index >= 15 is 0 Å². The maximum absolute atomic E-state index is 13.6. The molecule has 0 bridgehead atoms. The fourth-order valence-electron chi connectivity index (χ4n) is 3.73. The van der Waals surface area contributed by atoms with Crippen LogP contribution in [-0.2, 0) is 16.9 Å². The van der Waals surface area contributed by atoms with Gasteiger partial charge in [0, 0.05) is 5.56 Å². The fourth-order valence-corrected chi connectivity index (χ4v) is 5.01. The van der Waals surface area contributed by atoms with E-state index in [-0.39, 0.29) is 35.8 Å². The molecule has 1 radical (unpaired) electrons. The van der Waals surface area contributed by atoms with E-state index in [2.05, 4.69) is 0 Å². The number of ether oxygens (including phenoxy) is 2. The van der Waals surface area contributed by atoms with Crippen molar-refractivity contribution in [3.05, 3.63) is 88.5 Å². The standard InChI is InChI=1S/C26H20F6O5P/c1-3-36-18-12-8-13-19(37-4-2)22(18)23(33)15-9-5-6-14-20(15)38(35)24(34)21-16(25(27,28)29)10-7-11-17(21)26(30,31)32/h5-14H,3-4H2,1-2H3. The number of halogens is 6. The Morgan fingerprint density at radius 1 is 0.711 bits per heavy atom. The lowest BCUT2D eigenvalue weighted by atomic mass is 10.0. The molecule has 38 heavy (non-hydrogen) atoms. The van der Waals surface area contributed by atoms with Crippen molar-refractivity contribution in [3.63, 3.8) is 0 Å². The molecule has 0 fully saturated rings. The molecule has 0 saturated heterocycles. The van der Waals surface area contributed by atoms with Crippen molar-refractivity contribution in [1.29, 1.82) is 0 Å². The van der Waals surface area contributed by atoms with Gasteiger partial charge in [0.25, 0.3) is 0 Å². The largest absolute Gasteiger partial charge is 0.493 e. The third-order valence-electron chi connectivity index (χ3n) is 5.26. The summed E-state index contributed by atoms with van der Waals surface area (Å²) in [5.41, 5.74) is -7.93. The van der Waals surface area contributed by atoms with E-state index in [1.54, 1.807) is 19.9 Å². The normalized spacial score (nSPS) is 12.2. The molecule has 201 valence electrons. The number of hydrogen-bond donors (Lipinski definition) is 0. The first-order chi connectivity index (χ1) is 17.8. The average molecular weight is 557 g/mol. The minimum atomic E-state index is -5.35. The van der Waals surface area contributed by atoms with Gasteiger partial charge in [-0.3, -0.25) is 14.2 Å². The Labute approximate surface area is 214 Å². The molecular formula is C26H20F6O5P. The van der Waals surface area contributed by atoms with Gasteiger partial charge in [-0.25, -0.2) is 0 Å². The quantitative estimate of drug-likeness (QED) is 0.160. The van der Waals surface area contributed by atoms with Crippen LogP contribution >= 0.6 is 7.80 Å². The van der Waals surface area contributed by atoms with Gasteiger partial charge in [0.1, 0.15) is 17.1 Å². The monoisotopic (exact) mass is 557 g/mol. The second-order valence-electron chi connectivity index (χ2n) is 7.66. The number of hydrogen-bond acceptors (Lipinski definition) is 5. The smallest absolute Gasteiger partial charge is 0.417 e. The van der Waals surface area contributed by atoms with Crippen LogP contribution in [0, 0.1) is 0 Å². The zero-order chi connectivity index (χ0) is 28.3. The SMILES string of the molecule is CCOc1cccc(OCC)c1C(=O)c1ccccc1[P](=O)C(=O)c1c(C(F)(F)F)cccc1C(F)(F)F. The number of ketones is 1. The minimum Gasteiger partial charge on any atom is -0.493 e. The molecule has 0 aliphatic heterocycles. The Balaban J connectivity index is 2.20. The molecule has 0 aromatic heterocycles. The number of carbonyl (C=O) groups excluding carboxylic acids is 2. The van der Waals surface area contributed by atoms with Crippen LogP contribution in [0.1, 0.15) is 51.3 Å². The molecule has 3 aromatic carbocycles. The van der Waals surface area contributed by atoms with Gasteiger partial charge in [0.15, 0.2) is 7.80 Å². The van der Waals surface area contributed by atoms with Gasteiger partial charge >= 0.3 is 12.4 Å². The molecule has 12 heteroatoms. The van der Waals surface area contributed by atoms with Gasteiger partial charge in [-0.05, 0) is 50.2 Å². The summed E-state index contributed by atoms with van der Waals surface area (Å²) in [6, 6.07) is 10.4. The van der Waals surface area contributed by atoms with Crippen molar-refractivity contribution < 1.29 is 50.0 Å². The third-order valence-corrected chi connectivity index (χ3v) is 6.68. The molecule has 0 aliphatic carbocycles. The molecule has 1 atom stereocenters. The van der Waals surface area contributed by atoms with E-state index in [9.17, 15) is 40.5 Å². The summed E-state index contributed by atoms with van der Waals surface area (Å²) in [5.74, 6) is -0.674. The first kappa shape index (κ1) is 28.8. The van der Waals surface area contributed by atoms with Crippen LogP contribution in [0.5, 0.6) is 11.5 Å². The fraction of sp³-hybridized carbons (Fsp3) is 0.231. The molecule has 1 unspecified atom stereocenters. The van der Waals surface area contributed by atoms with Crippen molar-refractivity contribution in [3.8, 4) is 11.5 Å². The summed E-state index contributed by atoms with van der Waals surface area (Å²) in [6.07, 6.45) is -10.7. The first-order valence-corrected chi connectivity index (χ1v) is 12.4. The van der Waals surface area contributed by atoms with Gasteiger partial charge in [-0.15, -0.1) is 0 Å². The predicted molar refractivity (Wildman–Crippen MR) is 127 cm³/mol. The van der Waals surface area contributed by atoms with Crippen LogP contribution in [0.4, 0.5) is 26.3 Å². The number of benzene rings is 3. The highest BCUT2D eigenvalue weighted by atomic mass is 31.1.